The molecule has 0 bridgehead atoms. The van der Waals surface area contributed by atoms with Gasteiger partial charge in [0.05, 0.1) is 18.0 Å². The number of hydrogen-bond acceptors (Lipinski definition) is 4. The van der Waals surface area contributed by atoms with Gasteiger partial charge >= 0.3 is 0 Å². The third-order valence-corrected chi connectivity index (χ3v) is 6.09. The van der Waals surface area contributed by atoms with Crippen LogP contribution in [0, 0.1) is 18.3 Å². The van der Waals surface area contributed by atoms with Crippen molar-refractivity contribution < 1.29 is 17.6 Å². The average Bonchev–Trinajstić information content (AvgIpc) is 3.20. The van der Waals surface area contributed by atoms with Gasteiger partial charge in [0, 0.05) is 18.5 Å². The molecule has 1 heterocycles. The van der Waals surface area contributed by atoms with Gasteiger partial charge in [0.2, 0.25) is 10.0 Å². The Morgan fingerprint density at radius 2 is 1.96 bits per heavy atom. The standard InChI is InChI=1S/C20H22N2O4S/c1-4-11-21-27(24,25)17-8-5-15(6-9-17)20(23)22(3)13-16-7-10-19(26-16)18-12-14(18)2/h1,5-10,14,18,21H,11-13H2,2-3H3. The second-order valence-electron chi connectivity index (χ2n) is 6.84. The molecule has 1 N–H and O–H groups in total. The molecule has 0 spiro atoms. The SMILES string of the molecule is C#CCNS(=O)(=O)c1ccc(C(=O)N(C)Cc2ccc(C3CC3C)o2)cc1. The summed E-state index contributed by atoms with van der Waals surface area (Å²) >= 11 is 0. The number of furan rings is 1. The summed E-state index contributed by atoms with van der Waals surface area (Å²) in [6.45, 7) is 2.45. The largest absolute Gasteiger partial charge is 0.464 e. The molecule has 1 fully saturated rings. The molecule has 1 aliphatic carbocycles. The molecular weight excluding hydrogens is 364 g/mol. The molecule has 2 atom stereocenters. The highest BCUT2D eigenvalue weighted by atomic mass is 32.2. The molecule has 2 aromatic rings. The molecule has 1 amide bonds. The number of amides is 1. The molecule has 6 nitrogen and oxygen atoms in total. The molecule has 1 aliphatic rings. The van der Waals surface area contributed by atoms with Gasteiger partial charge in [-0.05, 0) is 48.7 Å². The minimum absolute atomic E-state index is 0.0613. The van der Waals surface area contributed by atoms with E-state index in [1.165, 1.54) is 24.3 Å². The average molecular weight is 386 g/mol. The molecule has 7 heteroatoms. The van der Waals surface area contributed by atoms with Crippen molar-refractivity contribution in [2.24, 2.45) is 5.92 Å². The van der Waals surface area contributed by atoms with Crippen molar-refractivity contribution in [3.05, 3.63) is 53.5 Å². The van der Waals surface area contributed by atoms with Crippen molar-refractivity contribution in [2.45, 2.75) is 30.7 Å². The highest BCUT2D eigenvalue weighted by Gasteiger charge is 2.36. The van der Waals surface area contributed by atoms with E-state index in [0.717, 1.165) is 17.9 Å². The first-order valence-electron chi connectivity index (χ1n) is 8.69. The molecule has 1 saturated carbocycles. The van der Waals surface area contributed by atoms with Crippen LogP contribution in [0.15, 0.2) is 45.7 Å². The van der Waals surface area contributed by atoms with Gasteiger partial charge in [0.25, 0.3) is 5.91 Å². The van der Waals surface area contributed by atoms with Crippen LogP contribution < -0.4 is 4.72 Å². The van der Waals surface area contributed by atoms with Crippen LogP contribution in [0.4, 0.5) is 0 Å². The van der Waals surface area contributed by atoms with Gasteiger partial charge in [-0.25, -0.2) is 8.42 Å². The summed E-state index contributed by atoms with van der Waals surface area (Å²) in [5, 5.41) is 0. The van der Waals surface area contributed by atoms with Crippen molar-refractivity contribution in [1.82, 2.24) is 9.62 Å². The number of nitrogens with zero attached hydrogens (tertiary/aromatic N) is 1. The minimum Gasteiger partial charge on any atom is -0.464 e. The van der Waals surface area contributed by atoms with E-state index in [0.29, 0.717) is 23.9 Å². The summed E-state index contributed by atoms with van der Waals surface area (Å²) < 4.78 is 32.2. The molecule has 3 rings (SSSR count). The molecule has 27 heavy (non-hydrogen) atoms. The van der Waals surface area contributed by atoms with Crippen LogP contribution in [0.2, 0.25) is 0 Å². The fraction of sp³-hybridized carbons (Fsp3) is 0.350. The highest BCUT2D eigenvalue weighted by Crippen LogP contribution is 2.47. The van der Waals surface area contributed by atoms with Crippen LogP contribution in [-0.2, 0) is 16.6 Å². The van der Waals surface area contributed by atoms with Crippen molar-refractivity contribution >= 4 is 15.9 Å². The zero-order valence-electron chi connectivity index (χ0n) is 15.3. The lowest BCUT2D eigenvalue weighted by atomic mass is 10.2. The molecule has 0 radical (unpaired) electrons. The summed E-state index contributed by atoms with van der Waals surface area (Å²) in [5.41, 5.74) is 0.399. The van der Waals surface area contributed by atoms with Crippen molar-refractivity contribution in [3.63, 3.8) is 0 Å². The summed E-state index contributed by atoms with van der Waals surface area (Å²) in [6.07, 6.45) is 6.21. The fourth-order valence-corrected chi connectivity index (χ4v) is 3.85. The lowest BCUT2D eigenvalue weighted by Gasteiger charge is -2.16. The first kappa shape index (κ1) is 19.2. The van der Waals surface area contributed by atoms with E-state index in [-0.39, 0.29) is 17.3 Å². The number of sulfonamides is 1. The Morgan fingerprint density at radius 1 is 1.30 bits per heavy atom. The third kappa shape index (κ3) is 4.41. The second-order valence-corrected chi connectivity index (χ2v) is 8.60. The van der Waals surface area contributed by atoms with Gasteiger partial charge in [0.15, 0.2) is 0 Å². The van der Waals surface area contributed by atoms with Crippen LogP contribution >= 0.6 is 0 Å². The first-order valence-corrected chi connectivity index (χ1v) is 10.2. The monoisotopic (exact) mass is 386 g/mol. The van der Waals surface area contributed by atoms with Gasteiger partial charge in [-0.15, -0.1) is 6.42 Å². The molecule has 1 aromatic heterocycles. The summed E-state index contributed by atoms with van der Waals surface area (Å²) in [5.74, 6) is 4.87. The number of benzene rings is 1. The molecule has 2 unspecified atom stereocenters. The summed E-state index contributed by atoms with van der Waals surface area (Å²) in [4.78, 5) is 14.2. The van der Waals surface area contributed by atoms with Crippen molar-refractivity contribution in [3.8, 4) is 12.3 Å². The Kier molecular flexibility index (Phi) is 5.40. The molecule has 0 aliphatic heterocycles. The Balaban J connectivity index is 1.64. The van der Waals surface area contributed by atoms with Crippen molar-refractivity contribution in [2.75, 3.05) is 13.6 Å². The maximum atomic E-state index is 12.6. The van der Waals surface area contributed by atoms with Crippen LogP contribution in [0.25, 0.3) is 0 Å². The predicted molar refractivity (Wildman–Crippen MR) is 101 cm³/mol. The van der Waals surface area contributed by atoms with E-state index in [1.807, 2.05) is 12.1 Å². The van der Waals surface area contributed by atoms with E-state index < -0.39 is 10.0 Å². The lowest BCUT2D eigenvalue weighted by Crippen LogP contribution is -2.26. The number of carbonyl (C=O) groups excluding carboxylic acids is 1. The molecule has 0 saturated heterocycles. The molecular formula is C20H22N2O4S. The second kappa shape index (κ2) is 7.59. The van der Waals surface area contributed by atoms with Gasteiger partial charge in [0.1, 0.15) is 11.5 Å². The van der Waals surface area contributed by atoms with Gasteiger partial charge in [-0.2, -0.15) is 4.72 Å². The van der Waals surface area contributed by atoms with Gasteiger partial charge in [-0.1, -0.05) is 12.8 Å². The molecule has 142 valence electrons. The van der Waals surface area contributed by atoms with Crippen LogP contribution in [-0.4, -0.2) is 32.8 Å². The van der Waals surface area contributed by atoms with E-state index >= 15 is 0 Å². The van der Waals surface area contributed by atoms with E-state index in [9.17, 15) is 13.2 Å². The Bertz CT molecular complexity index is 970. The molecule has 1 aromatic carbocycles. The van der Waals surface area contributed by atoms with Crippen molar-refractivity contribution in [1.29, 1.82) is 0 Å². The lowest BCUT2D eigenvalue weighted by molar-refractivity contribution is 0.0774. The van der Waals surface area contributed by atoms with Crippen LogP contribution in [0.5, 0.6) is 0 Å². The number of terminal acetylenes is 1. The normalized spacial score (nSPS) is 18.7. The van der Waals surface area contributed by atoms with Gasteiger partial charge < -0.3 is 9.32 Å². The Hall–Kier alpha value is -2.56. The highest BCUT2D eigenvalue weighted by molar-refractivity contribution is 7.89. The summed E-state index contributed by atoms with van der Waals surface area (Å²) in [6, 6.07) is 9.63. The number of nitrogens with one attached hydrogen (secondary N) is 1. The fourth-order valence-electron chi connectivity index (χ4n) is 2.92. The Morgan fingerprint density at radius 3 is 2.56 bits per heavy atom. The zero-order chi connectivity index (χ0) is 19.6. The quantitative estimate of drug-likeness (QED) is 0.742. The zero-order valence-corrected chi connectivity index (χ0v) is 16.1. The van der Waals surface area contributed by atoms with E-state index in [4.69, 9.17) is 10.8 Å². The first-order chi connectivity index (χ1) is 12.8. The number of rotatable bonds is 7. The summed E-state index contributed by atoms with van der Waals surface area (Å²) in [7, 11) is -1.99. The Labute approximate surface area is 159 Å². The third-order valence-electron chi connectivity index (χ3n) is 4.67. The van der Waals surface area contributed by atoms with Crippen LogP contribution in [0.1, 0.15) is 41.1 Å². The van der Waals surface area contributed by atoms with Gasteiger partial charge in [-0.3, -0.25) is 4.79 Å². The van der Waals surface area contributed by atoms with Crippen LogP contribution in [0.3, 0.4) is 0 Å². The number of hydrogen-bond donors (Lipinski definition) is 1. The minimum atomic E-state index is -3.67. The maximum Gasteiger partial charge on any atom is 0.254 e. The maximum absolute atomic E-state index is 12.6. The van der Waals surface area contributed by atoms with E-state index in [1.54, 1.807) is 11.9 Å². The predicted octanol–water partition coefficient (Wildman–Crippen LogP) is 2.59. The smallest absolute Gasteiger partial charge is 0.254 e. The topological polar surface area (TPSA) is 79.6 Å². The number of carbonyl (C=O) groups is 1. The van der Waals surface area contributed by atoms with E-state index in [2.05, 4.69) is 17.6 Å².